The number of carbonyl (C=O) groups is 5. The smallest absolute Gasteiger partial charge is 0.408 e. The number of ether oxygens (including phenoxy) is 1. The molecule has 0 aromatic heterocycles. The summed E-state index contributed by atoms with van der Waals surface area (Å²) in [5.41, 5.74) is 8.60. The number of hydrogen-bond acceptors (Lipinski definition) is 8. The standard InChI is InChI=1S/C42H50N6O7/c1-28(2)36(48-42(54)55-27-32-21-13-6-14-22-32)40(52)46-33(23-29-15-7-3-8-16-29)38(50)37(44-25-30-17-9-4-10-18-30)41(53)47-34(24-35(43)49)39(51)45-26-31-19-11-5-12-20-31/h3-22,28,33-34,36-38,44,50H,23-27H2,1-2H3,(H2,43,49)(H,45,51)(H,46,52)(H,47,53)(H,48,54)/t33-,34-,36-,37+,38-/m0/s1. The molecule has 4 rings (SSSR count). The molecule has 4 aromatic carbocycles. The molecule has 0 heterocycles. The molecule has 0 aliphatic carbocycles. The van der Waals surface area contributed by atoms with Crippen LogP contribution in [-0.2, 0) is 50.0 Å². The first-order chi connectivity index (χ1) is 26.5. The zero-order chi connectivity index (χ0) is 39.6. The van der Waals surface area contributed by atoms with Gasteiger partial charge in [0.2, 0.25) is 23.6 Å². The van der Waals surface area contributed by atoms with Gasteiger partial charge in [0.15, 0.2) is 0 Å². The Morgan fingerprint density at radius 3 is 1.64 bits per heavy atom. The van der Waals surface area contributed by atoms with E-state index in [2.05, 4.69) is 26.6 Å². The summed E-state index contributed by atoms with van der Waals surface area (Å²) in [7, 11) is 0. The molecule has 5 amide bonds. The first-order valence-corrected chi connectivity index (χ1v) is 18.2. The lowest BCUT2D eigenvalue weighted by Gasteiger charge is -2.33. The van der Waals surface area contributed by atoms with Gasteiger partial charge < -0.3 is 36.8 Å². The number of nitrogens with two attached hydrogens (primary N) is 1. The average Bonchev–Trinajstić information content (AvgIpc) is 3.19. The normalized spacial score (nSPS) is 13.7. The van der Waals surface area contributed by atoms with Crippen LogP contribution in [0.15, 0.2) is 121 Å². The van der Waals surface area contributed by atoms with Gasteiger partial charge in [-0.15, -0.1) is 0 Å². The number of alkyl carbamates (subject to hydrolysis) is 1. The predicted molar refractivity (Wildman–Crippen MR) is 208 cm³/mol. The molecule has 0 aliphatic heterocycles. The number of amides is 5. The number of rotatable bonds is 20. The molecule has 13 heteroatoms. The summed E-state index contributed by atoms with van der Waals surface area (Å²) >= 11 is 0. The molecule has 0 radical (unpaired) electrons. The van der Waals surface area contributed by atoms with Crippen molar-refractivity contribution in [3.63, 3.8) is 0 Å². The Hall–Kier alpha value is -6.05. The summed E-state index contributed by atoms with van der Waals surface area (Å²) in [6, 6.07) is 31.5. The van der Waals surface area contributed by atoms with Crippen molar-refractivity contribution in [2.24, 2.45) is 11.7 Å². The fourth-order valence-corrected chi connectivity index (χ4v) is 5.83. The van der Waals surface area contributed by atoms with Gasteiger partial charge in [-0.1, -0.05) is 135 Å². The molecule has 290 valence electrons. The Kier molecular flexibility index (Phi) is 16.4. The largest absolute Gasteiger partial charge is 0.445 e. The third-order valence-electron chi connectivity index (χ3n) is 8.81. The lowest BCUT2D eigenvalue weighted by atomic mass is 9.94. The van der Waals surface area contributed by atoms with Crippen LogP contribution in [0.2, 0.25) is 0 Å². The van der Waals surface area contributed by atoms with Crippen molar-refractivity contribution >= 4 is 29.7 Å². The van der Waals surface area contributed by atoms with Crippen LogP contribution in [0.1, 0.15) is 42.5 Å². The van der Waals surface area contributed by atoms with Gasteiger partial charge in [-0.2, -0.15) is 0 Å². The van der Waals surface area contributed by atoms with E-state index in [1.807, 2.05) is 109 Å². The monoisotopic (exact) mass is 750 g/mol. The number of aliphatic hydroxyl groups excluding tert-OH is 1. The molecule has 55 heavy (non-hydrogen) atoms. The molecular formula is C42H50N6O7. The van der Waals surface area contributed by atoms with Crippen molar-refractivity contribution in [2.75, 3.05) is 0 Å². The maximum Gasteiger partial charge on any atom is 0.408 e. The molecule has 13 nitrogen and oxygen atoms in total. The van der Waals surface area contributed by atoms with E-state index in [4.69, 9.17) is 10.5 Å². The quantitative estimate of drug-likeness (QED) is 0.0715. The second-order valence-corrected chi connectivity index (χ2v) is 13.5. The topological polar surface area (TPSA) is 201 Å². The number of carbonyl (C=O) groups excluding carboxylic acids is 5. The van der Waals surface area contributed by atoms with Crippen LogP contribution in [0.25, 0.3) is 0 Å². The Bertz CT molecular complexity index is 1810. The number of hydrogen-bond donors (Lipinski definition) is 7. The van der Waals surface area contributed by atoms with Crippen LogP contribution in [0, 0.1) is 5.92 Å². The van der Waals surface area contributed by atoms with Crippen LogP contribution in [-0.4, -0.2) is 65.1 Å². The van der Waals surface area contributed by atoms with E-state index in [1.54, 1.807) is 26.0 Å². The highest BCUT2D eigenvalue weighted by atomic mass is 16.5. The van der Waals surface area contributed by atoms with Gasteiger partial charge in [0.1, 0.15) is 24.7 Å². The van der Waals surface area contributed by atoms with Crippen LogP contribution >= 0.6 is 0 Å². The Balaban J connectivity index is 1.58. The van der Waals surface area contributed by atoms with Gasteiger partial charge in [0, 0.05) is 13.1 Å². The molecule has 0 saturated heterocycles. The van der Waals surface area contributed by atoms with Crippen LogP contribution in [0.3, 0.4) is 0 Å². The minimum absolute atomic E-state index is 0.000640. The number of benzene rings is 4. The molecular weight excluding hydrogens is 700 g/mol. The minimum atomic E-state index is -1.59. The Morgan fingerprint density at radius 2 is 1.11 bits per heavy atom. The molecule has 0 unspecified atom stereocenters. The van der Waals surface area contributed by atoms with Crippen molar-refractivity contribution in [3.8, 4) is 0 Å². The summed E-state index contributed by atoms with van der Waals surface area (Å²) in [6.07, 6.45) is -2.80. The lowest BCUT2D eigenvalue weighted by molar-refractivity contribution is -0.134. The highest BCUT2D eigenvalue weighted by Crippen LogP contribution is 2.14. The van der Waals surface area contributed by atoms with E-state index in [9.17, 15) is 29.1 Å². The third-order valence-corrected chi connectivity index (χ3v) is 8.81. The van der Waals surface area contributed by atoms with Crippen LogP contribution in [0.4, 0.5) is 4.79 Å². The van der Waals surface area contributed by atoms with Gasteiger partial charge in [0.05, 0.1) is 18.6 Å². The minimum Gasteiger partial charge on any atom is -0.445 e. The predicted octanol–water partition coefficient (Wildman–Crippen LogP) is 2.86. The van der Waals surface area contributed by atoms with Gasteiger partial charge in [-0.3, -0.25) is 24.5 Å². The molecule has 4 aromatic rings. The van der Waals surface area contributed by atoms with Crippen molar-refractivity contribution in [3.05, 3.63) is 144 Å². The van der Waals surface area contributed by atoms with Crippen molar-refractivity contribution < 1.29 is 33.8 Å². The zero-order valence-corrected chi connectivity index (χ0v) is 31.0. The molecule has 8 N–H and O–H groups in total. The summed E-state index contributed by atoms with van der Waals surface area (Å²) in [5.74, 6) is -3.27. The zero-order valence-electron chi connectivity index (χ0n) is 31.0. The van der Waals surface area contributed by atoms with Crippen molar-refractivity contribution in [2.45, 2.75) is 76.7 Å². The van der Waals surface area contributed by atoms with Gasteiger partial charge in [0.25, 0.3) is 0 Å². The van der Waals surface area contributed by atoms with Gasteiger partial charge in [-0.05, 0) is 34.6 Å². The first kappa shape index (κ1) is 41.7. The molecule has 0 bridgehead atoms. The van der Waals surface area contributed by atoms with Crippen molar-refractivity contribution in [1.29, 1.82) is 0 Å². The van der Waals surface area contributed by atoms with Crippen LogP contribution < -0.4 is 32.3 Å². The average molecular weight is 751 g/mol. The third kappa shape index (κ3) is 14.0. The second kappa shape index (κ2) is 21.6. The Morgan fingerprint density at radius 1 is 0.618 bits per heavy atom. The fraction of sp³-hybridized carbons (Fsp3) is 0.310. The highest BCUT2D eigenvalue weighted by molar-refractivity contribution is 5.93. The van der Waals surface area contributed by atoms with Crippen LogP contribution in [0.5, 0.6) is 0 Å². The van der Waals surface area contributed by atoms with E-state index < -0.39 is 72.3 Å². The number of primary amides is 1. The molecule has 0 fully saturated rings. The van der Waals surface area contributed by atoms with Crippen molar-refractivity contribution in [1.82, 2.24) is 26.6 Å². The van der Waals surface area contributed by atoms with Gasteiger partial charge in [-0.25, -0.2) is 4.79 Å². The fourth-order valence-electron chi connectivity index (χ4n) is 5.83. The Labute approximate surface area is 321 Å². The molecule has 0 aliphatic rings. The maximum atomic E-state index is 14.1. The number of nitrogens with one attached hydrogen (secondary N) is 5. The van der Waals surface area contributed by atoms with E-state index in [-0.39, 0.29) is 26.1 Å². The van der Waals surface area contributed by atoms with E-state index in [0.717, 1.165) is 22.3 Å². The van der Waals surface area contributed by atoms with E-state index in [1.165, 1.54) is 0 Å². The summed E-state index contributed by atoms with van der Waals surface area (Å²) < 4.78 is 5.37. The van der Waals surface area contributed by atoms with E-state index in [0.29, 0.717) is 0 Å². The summed E-state index contributed by atoms with van der Waals surface area (Å²) in [4.78, 5) is 66.3. The molecule has 0 spiro atoms. The summed E-state index contributed by atoms with van der Waals surface area (Å²) in [5, 5.41) is 26.0. The first-order valence-electron chi connectivity index (χ1n) is 18.2. The SMILES string of the molecule is CC(C)[C@H](NC(=O)OCc1ccccc1)C(=O)N[C@@H](Cc1ccccc1)[C@H](O)[C@@H](NCc1ccccc1)C(=O)N[C@@H](CC(N)=O)C(=O)NCc1ccccc1. The maximum absolute atomic E-state index is 14.1. The van der Waals surface area contributed by atoms with E-state index >= 15 is 0 Å². The highest BCUT2D eigenvalue weighted by Gasteiger charge is 2.37. The summed E-state index contributed by atoms with van der Waals surface area (Å²) in [6.45, 7) is 3.78. The lowest BCUT2D eigenvalue weighted by Crippen LogP contribution is -2.63. The number of aliphatic hydroxyl groups is 1. The van der Waals surface area contributed by atoms with Gasteiger partial charge >= 0.3 is 6.09 Å². The molecule has 5 atom stereocenters. The second-order valence-electron chi connectivity index (χ2n) is 13.5. The molecule has 0 saturated carbocycles.